The number of aromatic amines is 1. The smallest absolute Gasteiger partial charge is 0.269 e. The van der Waals surface area contributed by atoms with Gasteiger partial charge in [0.15, 0.2) is 0 Å². The normalized spacial score (nSPS) is 9.36. The summed E-state index contributed by atoms with van der Waals surface area (Å²) < 4.78 is 23.6. The quantitative estimate of drug-likeness (QED) is 0.703. The minimum atomic E-state index is -2.69. The Bertz CT molecular complexity index is 273. The van der Waals surface area contributed by atoms with E-state index in [0.717, 1.165) is 6.07 Å². The molecular weight excluding hydrogens is 176 g/mol. The van der Waals surface area contributed by atoms with Crippen LogP contribution in [0, 0.1) is 0 Å². The number of pyridine rings is 1. The number of aromatic nitrogens is 1. The molecule has 0 aliphatic rings. The van der Waals surface area contributed by atoms with Gasteiger partial charge in [-0.3, -0.25) is 4.79 Å². The standard InChI is InChI=1S/C6H5F2NO.ClH/c7-5(8)4-2-1-3-9-6(4)10;/h1-3,5H,(H,9,10);1H. The predicted octanol–water partition coefficient (Wildman–Crippen LogP) is 1.73. The van der Waals surface area contributed by atoms with Gasteiger partial charge < -0.3 is 4.98 Å². The topological polar surface area (TPSA) is 32.9 Å². The summed E-state index contributed by atoms with van der Waals surface area (Å²) in [5.41, 5.74) is -1.21. The Labute approximate surface area is 67.7 Å². The number of H-pyrrole nitrogens is 1. The van der Waals surface area contributed by atoms with E-state index in [-0.39, 0.29) is 12.4 Å². The summed E-state index contributed by atoms with van der Waals surface area (Å²) in [6.07, 6.45) is -1.38. The molecule has 0 radical (unpaired) electrons. The molecule has 1 N–H and O–H groups in total. The molecule has 11 heavy (non-hydrogen) atoms. The molecule has 0 aliphatic heterocycles. The highest BCUT2D eigenvalue weighted by Crippen LogP contribution is 2.12. The van der Waals surface area contributed by atoms with Crippen LogP contribution in [0.1, 0.15) is 12.0 Å². The van der Waals surface area contributed by atoms with Crippen molar-refractivity contribution in [3.05, 3.63) is 34.2 Å². The number of rotatable bonds is 1. The highest BCUT2D eigenvalue weighted by Gasteiger charge is 2.09. The third-order valence-corrected chi connectivity index (χ3v) is 1.08. The Morgan fingerprint density at radius 2 is 2.09 bits per heavy atom. The van der Waals surface area contributed by atoms with Crippen LogP contribution in [0.4, 0.5) is 8.78 Å². The van der Waals surface area contributed by atoms with E-state index < -0.39 is 17.5 Å². The number of nitrogens with one attached hydrogen (secondary N) is 1. The Balaban J connectivity index is 0.000001000. The van der Waals surface area contributed by atoms with E-state index >= 15 is 0 Å². The largest absolute Gasteiger partial charge is 0.329 e. The summed E-state index contributed by atoms with van der Waals surface area (Å²) in [6.45, 7) is 0. The maximum Gasteiger partial charge on any atom is 0.269 e. The van der Waals surface area contributed by atoms with Crippen molar-refractivity contribution in [2.75, 3.05) is 0 Å². The first kappa shape index (κ1) is 10.1. The first-order valence-corrected chi connectivity index (χ1v) is 2.67. The maximum absolute atomic E-state index is 11.8. The summed E-state index contributed by atoms with van der Waals surface area (Å²) in [4.78, 5) is 12.7. The molecule has 2 nitrogen and oxygen atoms in total. The van der Waals surface area contributed by atoms with Gasteiger partial charge in [0, 0.05) is 6.20 Å². The fourth-order valence-corrected chi connectivity index (χ4v) is 0.606. The summed E-state index contributed by atoms with van der Waals surface area (Å²) in [7, 11) is 0. The molecule has 1 aromatic rings. The summed E-state index contributed by atoms with van der Waals surface area (Å²) in [6, 6.07) is 2.46. The van der Waals surface area contributed by atoms with Crippen LogP contribution < -0.4 is 5.56 Å². The molecule has 0 saturated heterocycles. The average Bonchev–Trinajstić information content (AvgIpc) is 1.88. The van der Waals surface area contributed by atoms with Gasteiger partial charge in [0.1, 0.15) is 0 Å². The zero-order valence-corrected chi connectivity index (χ0v) is 6.20. The summed E-state index contributed by atoms with van der Waals surface area (Å²) >= 11 is 0. The van der Waals surface area contributed by atoms with Crippen LogP contribution in [0.2, 0.25) is 0 Å². The molecule has 0 unspecified atom stereocenters. The highest BCUT2D eigenvalue weighted by atomic mass is 35.5. The molecule has 62 valence electrons. The van der Waals surface area contributed by atoms with Crippen molar-refractivity contribution in [2.45, 2.75) is 6.43 Å². The van der Waals surface area contributed by atoms with E-state index in [0.29, 0.717) is 0 Å². The molecule has 0 spiro atoms. The molecule has 1 rings (SSSR count). The van der Waals surface area contributed by atoms with Crippen LogP contribution >= 0.6 is 12.4 Å². The van der Waals surface area contributed by atoms with Crippen molar-refractivity contribution >= 4 is 12.4 Å². The van der Waals surface area contributed by atoms with Gasteiger partial charge in [-0.15, -0.1) is 12.4 Å². The van der Waals surface area contributed by atoms with Gasteiger partial charge >= 0.3 is 0 Å². The first-order valence-electron chi connectivity index (χ1n) is 2.67. The Hall–Kier alpha value is -0.900. The van der Waals surface area contributed by atoms with Gasteiger partial charge in [-0.05, 0) is 12.1 Å². The second-order valence-electron chi connectivity index (χ2n) is 1.76. The zero-order chi connectivity index (χ0) is 7.56. The molecule has 0 aliphatic carbocycles. The number of hydrogen-bond donors (Lipinski definition) is 1. The van der Waals surface area contributed by atoms with Gasteiger partial charge in [0.2, 0.25) is 0 Å². The van der Waals surface area contributed by atoms with Crippen LogP contribution in [0.25, 0.3) is 0 Å². The van der Waals surface area contributed by atoms with Gasteiger partial charge in [-0.1, -0.05) is 0 Å². The lowest BCUT2D eigenvalue weighted by molar-refractivity contribution is 0.149. The van der Waals surface area contributed by atoms with Crippen LogP contribution in [0.5, 0.6) is 0 Å². The first-order chi connectivity index (χ1) is 4.72. The molecule has 0 atom stereocenters. The Kier molecular flexibility index (Phi) is 3.74. The van der Waals surface area contributed by atoms with E-state index in [1.807, 2.05) is 0 Å². The van der Waals surface area contributed by atoms with Crippen LogP contribution in [0.15, 0.2) is 23.1 Å². The molecule has 0 fully saturated rings. The lowest BCUT2D eigenvalue weighted by Crippen LogP contribution is -2.10. The van der Waals surface area contributed by atoms with Gasteiger partial charge in [-0.2, -0.15) is 0 Å². The van der Waals surface area contributed by atoms with Gasteiger partial charge in [-0.25, -0.2) is 8.78 Å². The number of hydrogen-bond acceptors (Lipinski definition) is 1. The predicted molar refractivity (Wildman–Crippen MR) is 39.3 cm³/mol. The molecule has 1 heterocycles. The second-order valence-corrected chi connectivity index (χ2v) is 1.76. The van der Waals surface area contributed by atoms with E-state index in [9.17, 15) is 13.6 Å². The molecule has 0 saturated carbocycles. The van der Waals surface area contributed by atoms with Crippen molar-refractivity contribution in [1.29, 1.82) is 0 Å². The maximum atomic E-state index is 11.8. The molecule has 0 bridgehead atoms. The fourth-order valence-electron chi connectivity index (χ4n) is 0.606. The molecule has 1 aromatic heterocycles. The van der Waals surface area contributed by atoms with Crippen molar-refractivity contribution in [2.24, 2.45) is 0 Å². The van der Waals surface area contributed by atoms with Gasteiger partial charge in [0.25, 0.3) is 12.0 Å². The monoisotopic (exact) mass is 181 g/mol. The van der Waals surface area contributed by atoms with Gasteiger partial charge in [0.05, 0.1) is 5.56 Å². The van der Waals surface area contributed by atoms with E-state index in [2.05, 4.69) is 4.98 Å². The van der Waals surface area contributed by atoms with Crippen LogP contribution in [-0.4, -0.2) is 4.98 Å². The van der Waals surface area contributed by atoms with Crippen molar-refractivity contribution < 1.29 is 8.78 Å². The third kappa shape index (κ3) is 2.31. The molecule has 5 heteroatoms. The highest BCUT2D eigenvalue weighted by molar-refractivity contribution is 5.85. The van der Waals surface area contributed by atoms with Crippen LogP contribution in [0.3, 0.4) is 0 Å². The van der Waals surface area contributed by atoms with Crippen LogP contribution in [-0.2, 0) is 0 Å². The molecule has 0 aromatic carbocycles. The second kappa shape index (κ2) is 4.08. The summed E-state index contributed by atoms with van der Waals surface area (Å²) in [5, 5.41) is 0. The Morgan fingerprint density at radius 3 is 2.45 bits per heavy atom. The zero-order valence-electron chi connectivity index (χ0n) is 5.38. The lowest BCUT2D eigenvalue weighted by Gasteiger charge is -1.93. The van der Waals surface area contributed by atoms with E-state index in [1.165, 1.54) is 12.3 Å². The minimum absolute atomic E-state index is 0. The SMILES string of the molecule is Cl.O=c1[nH]cccc1C(F)F. The lowest BCUT2D eigenvalue weighted by atomic mass is 10.3. The number of alkyl halides is 2. The minimum Gasteiger partial charge on any atom is -0.329 e. The third-order valence-electron chi connectivity index (χ3n) is 1.08. The Morgan fingerprint density at radius 1 is 1.45 bits per heavy atom. The fraction of sp³-hybridized carbons (Fsp3) is 0.167. The molecule has 0 amide bonds. The van der Waals surface area contributed by atoms with Crippen molar-refractivity contribution in [3.8, 4) is 0 Å². The van der Waals surface area contributed by atoms with Crippen molar-refractivity contribution in [3.63, 3.8) is 0 Å². The number of halogens is 3. The van der Waals surface area contributed by atoms with Crippen molar-refractivity contribution in [1.82, 2.24) is 4.98 Å². The van der Waals surface area contributed by atoms with E-state index in [4.69, 9.17) is 0 Å². The molecular formula is C6H6ClF2NO. The average molecular weight is 182 g/mol. The summed E-state index contributed by atoms with van der Waals surface area (Å²) in [5.74, 6) is 0. The van der Waals surface area contributed by atoms with E-state index in [1.54, 1.807) is 0 Å².